The molecule has 184 valence electrons. The fourth-order valence-corrected chi connectivity index (χ4v) is 9.47. The molecule has 2 heterocycles. The molecular formula is C27H33N3O4Si. The molecule has 1 N–H and O–H groups in total. The van der Waals surface area contributed by atoms with E-state index in [-0.39, 0.29) is 22.9 Å². The van der Waals surface area contributed by atoms with Gasteiger partial charge in [0.2, 0.25) is 5.91 Å². The topological polar surface area (TPSA) is 82.5 Å². The molecule has 2 unspecified atom stereocenters. The highest BCUT2D eigenvalue weighted by Gasteiger charge is 2.50. The third-order valence-corrected chi connectivity index (χ3v) is 11.4. The highest BCUT2D eigenvalue weighted by Crippen LogP contribution is 2.38. The maximum atomic E-state index is 12.5. The van der Waals surface area contributed by atoms with Gasteiger partial charge in [0.05, 0.1) is 12.7 Å². The number of anilines is 1. The normalized spacial score (nSPS) is 18.4. The van der Waals surface area contributed by atoms with Crippen molar-refractivity contribution in [2.45, 2.75) is 57.9 Å². The highest BCUT2D eigenvalue weighted by molar-refractivity contribution is 6.99. The van der Waals surface area contributed by atoms with Crippen LogP contribution in [0.25, 0.3) is 0 Å². The van der Waals surface area contributed by atoms with Gasteiger partial charge in [0.25, 0.3) is 8.32 Å². The fourth-order valence-electron chi connectivity index (χ4n) is 4.88. The van der Waals surface area contributed by atoms with Gasteiger partial charge in [-0.2, -0.15) is 4.98 Å². The largest absolute Gasteiger partial charge is 0.405 e. The number of nitrogens with zero attached hydrogens (tertiary/aromatic N) is 2. The van der Waals surface area contributed by atoms with Gasteiger partial charge >= 0.3 is 5.69 Å². The molecule has 1 aliphatic rings. The molecule has 1 aromatic heterocycles. The number of nitrogens with one attached hydrogen (secondary N) is 1. The summed E-state index contributed by atoms with van der Waals surface area (Å²) in [5, 5.41) is 4.87. The molecule has 35 heavy (non-hydrogen) atoms. The highest BCUT2D eigenvalue weighted by atomic mass is 28.4. The zero-order chi connectivity index (χ0) is 25.1. The van der Waals surface area contributed by atoms with Gasteiger partial charge in [-0.25, -0.2) is 4.79 Å². The fraction of sp³-hybridized carbons (Fsp3) is 0.370. The second-order valence-corrected chi connectivity index (χ2v) is 14.3. The van der Waals surface area contributed by atoms with Crippen LogP contribution >= 0.6 is 0 Å². The van der Waals surface area contributed by atoms with E-state index in [1.165, 1.54) is 21.9 Å². The predicted molar refractivity (Wildman–Crippen MR) is 140 cm³/mol. The Bertz CT molecular complexity index is 1170. The van der Waals surface area contributed by atoms with Gasteiger partial charge in [0.1, 0.15) is 12.0 Å². The second kappa shape index (κ2) is 10.3. The number of carbonyl (C=O) groups is 1. The van der Waals surface area contributed by atoms with Crippen LogP contribution in [0.5, 0.6) is 0 Å². The van der Waals surface area contributed by atoms with E-state index in [2.05, 4.69) is 79.6 Å². The number of hydrogen-bond donors (Lipinski definition) is 1. The van der Waals surface area contributed by atoms with E-state index >= 15 is 0 Å². The second-order valence-electron chi connectivity index (χ2n) is 9.95. The number of hydrogen-bond acceptors (Lipinski definition) is 5. The third kappa shape index (κ3) is 5.29. The Morgan fingerprint density at radius 3 is 2.17 bits per heavy atom. The van der Waals surface area contributed by atoms with Gasteiger partial charge in [-0.15, -0.1) is 0 Å². The summed E-state index contributed by atoms with van der Waals surface area (Å²) >= 11 is 0. The number of rotatable bonds is 7. The van der Waals surface area contributed by atoms with Crippen molar-refractivity contribution in [3.63, 3.8) is 0 Å². The molecule has 7 nitrogen and oxygen atoms in total. The predicted octanol–water partition coefficient (Wildman–Crippen LogP) is 3.46. The Morgan fingerprint density at radius 2 is 1.66 bits per heavy atom. The lowest BCUT2D eigenvalue weighted by Crippen LogP contribution is -2.67. The Kier molecular flexibility index (Phi) is 7.35. The molecule has 2 atom stereocenters. The molecule has 0 aliphatic carbocycles. The molecule has 0 bridgehead atoms. The SMILES string of the molecule is CC(=O)Nc1ccn(C2CCC(CO[Si](c3ccccc3)(c3ccccc3)C(C)(C)C)O2)c(=O)n1. The minimum absolute atomic E-state index is 0.117. The molecule has 2 aromatic carbocycles. The quantitative estimate of drug-likeness (QED) is 0.512. The van der Waals surface area contributed by atoms with E-state index in [1.807, 2.05) is 12.1 Å². The van der Waals surface area contributed by atoms with Crippen LogP contribution in [0.1, 0.15) is 46.8 Å². The van der Waals surface area contributed by atoms with Crippen LogP contribution < -0.4 is 21.4 Å². The smallest absolute Gasteiger partial charge is 0.351 e. The van der Waals surface area contributed by atoms with Gasteiger partial charge in [0.15, 0.2) is 0 Å². The van der Waals surface area contributed by atoms with Gasteiger partial charge < -0.3 is 14.5 Å². The standard InChI is InChI=1S/C27H33N3O4Si/c1-20(31)28-24-17-18-30(26(32)29-24)25-16-15-21(34-25)19-33-35(27(2,3)4,22-11-7-5-8-12-22)23-13-9-6-10-14-23/h5-14,17-18,21,25H,15-16,19H2,1-4H3,(H,28,29,31,32). The Balaban J connectivity index is 1.56. The summed E-state index contributed by atoms with van der Waals surface area (Å²) in [6, 6.07) is 22.6. The minimum Gasteiger partial charge on any atom is -0.405 e. The number of amides is 1. The zero-order valence-electron chi connectivity index (χ0n) is 20.7. The van der Waals surface area contributed by atoms with E-state index in [0.29, 0.717) is 13.0 Å². The monoisotopic (exact) mass is 491 g/mol. The van der Waals surface area contributed by atoms with E-state index in [9.17, 15) is 9.59 Å². The summed E-state index contributed by atoms with van der Waals surface area (Å²) in [6.45, 7) is 8.57. The molecule has 1 saturated heterocycles. The first-order valence-electron chi connectivity index (χ1n) is 12.0. The maximum absolute atomic E-state index is 12.5. The van der Waals surface area contributed by atoms with Gasteiger partial charge in [-0.3, -0.25) is 9.36 Å². The molecule has 0 spiro atoms. The summed E-state index contributed by atoms with van der Waals surface area (Å²) in [4.78, 5) is 27.7. The Morgan fingerprint density at radius 1 is 1.06 bits per heavy atom. The van der Waals surface area contributed by atoms with Crippen LogP contribution in [0.2, 0.25) is 5.04 Å². The minimum atomic E-state index is -2.65. The molecule has 4 rings (SSSR count). The van der Waals surface area contributed by atoms with E-state index in [0.717, 1.165) is 6.42 Å². The van der Waals surface area contributed by atoms with Crippen LogP contribution in [0.3, 0.4) is 0 Å². The van der Waals surface area contributed by atoms with E-state index in [4.69, 9.17) is 9.16 Å². The summed E-state index contributed by atoms with van der Waals surface area (Å²) in [5.74, 6) is -0.0318. The van der Waals surface area contributed by atoms with Gasteiger partial charge in [0, 0.05) is 13.1 Å². The molecule has 3 aromatic rings. The first-order chi connectivity index (χ1) is 16.7. The lowest BCUT2D eigenvalue weighted by atomic mass is 10.2. The summed E-state index contributed by atoms with van der Waals surface area (Å²) in [5.41, 5.74) is -0.449. The molecule has 0 radical (unpaired) electrons. The zero-order valence-corrected chi connectivity index (χ0v) is 21.7. The molecule has 1 fully saturated rings. The van der Waals surface area contributed by atoms with Crippen molar-refractivity contribution in [3.05, 3.63) is 83.4 Å². The van der Waals surface area contributed by atoms with Crippen molar-refractivity contribution in [2.24, 2.45) is 0 Å². The van der Waals surface area contributed by atoms with Crippen LogP contribution in [-0.4, -0.2) is 36.5 Å². The van der Waals surface area contributed by atoms with Gasteiger partial charge in [-0.1, -0.05) is 81.4 Å². The average Bonchev–Trinajstić information content (AvgIpc) is 3.28. The number of ether oxygens (including phenoxy) is 1. The van der Waals surface area contributed by atoms with Crippen molar-refractivity contribution < 1.29 is 14.0 Å². The lowest BCUT2D eigenvalue weighted by Gasteiger charge is -2.43. The summed E-state index contributed by atoms with van der Waals surface area (Å²) in [6.07, 6.45) is 2.55. The van der Waals surface area contributed by atoms with Crippen molar-refractivity contribution in [1.29, 1.82) is 0 Å². The molecule has 1 aliphatic heterocycles. The van der Waals surface area contributed by atoms with E-state index in [1.54, 1.807) is 12.3 Å². The van der Waals surface area contributed by atoms with Crippen LogP contribution in [0.15, 0.2) is 77.7 Å². The third-order valence-electron chi connectivity index (χ3n) is 6.43. The molecule has 1 amide bonds. The van der Waals surface area contributed by atoms with Crippen LogP contribution in [-0.2, 0) is 14.0 Å². The van der Waals surface area contributed by atoms with Crippen molar-refractivity contribution in [3.8, 4) is 0 Å². The number of benzene rings is 2. The van der Waals surface area contributed by atoms with Crippen LogP contribution in [0.4, 0.5) is 5.82 Å². The van der Waals surface area contributed by atoms with Crippen molar-refractivity contribution in [1.82, 2.24) is 9.55 Å². The Hall–Kier alpha value is -3.07. The van der Waals surface area contributed by atoms with Crippen LogP contribution in [0, 0.1) is 0 Å². The van der Waals surface area contributed by atoms with Gasteiger partial charge in [-0.05, 0) is 34.3 Å². The first kappa shape index (κ1) is 25.0. The maximum Gasteiger partial charge on any atom is 0.351 e. The molecular weight excluding hydrogens is 458 g/mol. The molecule has 0 saturated carbocycles. The first-order valence-corrected chi connectivity index (χ1v) is 13.9. The van der Waals surface area contributed by atoms with Crippen molar-refractivity contribution >= 4 is 30.4 Å². The van der Waals surface area contributed by atoms with E-state index < -0.39 is 20.2 Å². The molecule has 8 heteroatoms. The number of aromatic nitrogens is 2. The Labute approximate surface area is 207 Å². The summed E-state index contributed by atoms with van der Waals surface area (Å²) < 4.78 is 14.7. The summed E-state index contributed by atoms with van der Waals surface area (Å²) in [7, 11) is -2.65. The van der Waals surface area contributed by atoms with Crippen molar-refractivity contribution in [2.75, 3.05) is 11.9 Å². The number of carbonyl (C=O) groups excluding carboxylic acids is 1. The average molecular weight is 492 g/mol. The lowest BCUT2D eigenvalue weighted by molar-refractivity contribution is -0.114.